The second kappa shape index (κ2) is 8.21. The number of nitrogens with two attached hydrogens (primary N) is 1. The van der Waals surface area contributed by atoms with Gasteiger partial charge in [-0.1, -0.05) is 12.1 Å². The highest BCUT2D eigenvalue weighted by atomic mass is 19.1. The van der Waals surface area contributed by atoms with Crippen LogP contribution in [0.1, 0.15) is 22.3 Å². The van der Waals surface area contributed by atoms with E-state index in [0.29, 0.717) is 17.9 Å². The monoisotopic (exact) mass is 330 g/mol. The van der Waals surface area contributed by atoms with Gasteiger partial charge in [0, 0.05) is 31.3 Å². The van der Waals surface area contributed by atoms with Crippen molar-refractivity contribution in [3.05, 3.63) is 65.5 Å². The fraction of sp³-hybridized carbons (Fsp3) is 0.222. The van der Waals surface area contributed by atoms with Crippen molar-refractivity contribution in [1.82, 2.24) is 0 Å². The Morgan fingerprint density at radius 1 is 1.17 bits per heavy atom. The zero-order valence-corrected chi connectivity index (χ0v) is 13.4. The van der Waals surface area contributed by atoms with Crippen LogP contribution in [-0.4, -0.2) is 25.5 Å². The molecular formula is C18H19FN2O3. The Morgan fingerprint density at radius 3 is 2.50 bits per heavy atom. The van der Waals surface area contributed by atoms with Crippen LogP contribution in [0.5, 0.6) is 0 Å². The fourth-order valence-electron chi connectivity index (χ4n) is 2.31. The second-order valence-corrected chi connectivity index (χ2v) is 5.28. The largest absolute Gasteiger partial charge is 0.380 e. The Balaban J connectivity index is 2.31. The molecule has 0 saturated heterocycles. The molecule has 0 aromatic heterocycles. The quantitative estimate of drug-likeness (QED) is 0.848. The number of rotatable bonds is 7. The molecule has 2 amide bonds. The third-order valence-corrected chi connectivity index (χ3v) is 3.45. The highest BCUT2D eigenvalue weighted by Crippen LogP contribution is 2.19. The van der Waals surface area contributed by atoms with E-state index in [1.54, 1.807) is 25.3 Å². The van der Waals surface area contributed by atoms with Crippen molar-refractivity contribution in [2.24, 2.45) is 5.73 Å². The lowest BCUT2D eigenvalue weighted by Gasteiger charge is -2.22. The smallest absolute Gasteiger partial charge is 0.258 e. The van der Waals surface area contributed by atoms with Crippen LogP contribution >= 0.6 is 0 Å². The first-order chi connectivity index (χ1) is 11.5. The topological polar surface area (TPSA) is 72.6 Å². The van der Waals surface area contributed by atoms with Crippen LogP contribution in [-0.2, 0) is 16.1 Å². The van der Waals surface area contributed by atoms with E-state index in [1.165, 1.54) is 29.2 Å². The van der Waals surface area contributed by atoms with Crippen LogP contribution in [0.15, 0.2) is 48.5 Å². The summed E-state index contributed by atoms with van der Waals surface area (Å²) in [7, 11) is 1.58. The first kappa shape index (κ1) is 17.6. The summed E-state index contributed by atoms with van der Waals surface area (Å²) in [4.78, 5) is 25.3. The average Bonchev–Trinajstić information content (AvgIpc) is 2.57. The van der Waals surface area contributed by atoms with Crippen molar-refractivity contribution in [3.8, 4) is 0 Å². The zero-order chi connectivity index (χ0) is 17.5. The molecule has 5 nitrogen and oxygen atoms in total. The van der Waals surface area contributed by atoms with Gasteiger partial charge in [0.15, 0.2) is 0 Å². The zero-order valence-electron chi connectivity index (χ0n) is 13.4. The van der Waals surface area contributed by atoms with Gasteiger partial charge in [0.05, 0.1) is 6.61 Å². The lowest BCUT2D eigenvalue weighted by Crippen LogP contribution is -2.34. The van der Waals surface area contributed by atoms with Gasteiger partial charge in [-0.3, -0.25) is 9.59 Å². The van der Waals surface area contributed by atoms with Crippen molar-refractivity contribution < 1.29 is 18.7 Å². The number of halogens is 1. The van der Waals surface area contributed by atoms with Crippen LogP contribution < -0.4 is 10.6 Å². The van der Waals surface area contributed by atoms with Crippen LogP contribution in [0.2, 0.25) is 0 Å². The molecule has 0 aliphatic carbocycles. The Hall–Kier alpha value is -2.73. The van der Waals surface area contributed by atoms with Gasteiger partial charge >= 0.3 is 0 Å². The van der Waals surface area contributed by atoms with Crippen molar-refractivity contribution >= 4 is 17.5 Å². The second-order valence-electron chi connectivity index (χ2n) is 5.28. The van der Waals surface area contributed by atoms with E-state index in [1.807, 2.05) is 6.07 Å². The summed E-state index contributed by atoms with van der Waals surface area (Å²) in [6, 6.07) is 12.5. The SMILES string of the molecule is COCc1cccc(C(=O)N(CCC(N)=O)c2ccc(F)cc2)c1. The Labute approximate surface area is 139 Å². The summed E-state index contributed by atoms with van der Waals surface area (Å²) in [5, 5.41) is 0. The molecule has 0 unspecified atom stereocenters. The summed E-state index contributed by atoms with van der Waals surface area (Å²) in [6.07, 6.45) is 0.0148. The van der Waals surface area contributed by atoms with Gasteiger partial charge < -0.3 is 15.4 Å². The molecule has 0 bridgehead atoms. The molecule has 0 aliphatic rings. The fourth-order valence-corrected chi connectivity index (χ4v) is 2.31. The van der Waals surface area contributed by atoms with E-state index in [4.69, 9.17) is 10.5 Å². The summed E-state index contributed by atoms with van der Waals surface area (Å²) in [5.41, 5.74) is 7.01. The van der Waals surface area contributed by atoms with E-state index < -0.39 is 11.7 Å². The first-order valence-electron chi connectivity index (χ1n) is 7.45. The van der Waals surface area contributed by atoms with E-state index in [0.717, 1.165) is 5.56 Å². The van der Waals surface area contributed by atoms with Gasteiger partial charge in [0.25, 0.3) is 5.91 Å². The molecule has 2 rings (SSSR count). The summed E-state index contributed by atoms with van der Waals surface area (Å²) >= 11 is 0. The highest BCUT2D eigenvalue weighted by molar-refractivity contribution is 6.06. The molecule has 2 aromatic rings. The maximum Gasteiger partial charge on any atom is 0.258 e. The van der Waals surface area contributed by atoms with Gasteiger partial charge in [0.1, 0.15) is 5.82 Å². The van der Waals surface area contributed by atoms with E-state index in [2.05, 4.69) is 0 Å². The molecule has 6 heteroatoms. The van der Waals surface area contributed by atoms with Crippen LogP contribution in [0.4, 0.5) is 10.1 Å². The van der Waals surface area contributed by atoms with Gasteiger partial charge in [0.2, 0.25) is 5.91 Å². The van der Waals surface area contributed by atoms with Crippen molar-refractivity contribution in [1.29, 1.82) is 0 Å². The van der Waals surface area contributed by atoms with Crippen LogP contribution in [0.25, 0.3) is 0 Å². The summed E-state index contributed by atoms with van der Waals surface area (Å²) < 4.78 is 18.2. The minimum absolute atomic E-state index is 0.0148. The Kier molecular flexibility index (Phi) is 6.03. The van der Waals surface area contributed by atoms with Crippen molar-refractivity contribution in [3.63, 3.8) is 0 Å². The standard InChI is InChI=1S/C18H19FN2O3/c1-24-12-13-3-2-4-14(11-13)18(23)21(10-9-17(20)22)16-7-5-15(19)6-8-16/h2-8,11H,9-10,12H2,1H3,(H2,20,22). The molecule has 0 saturated carbocycles. The molecule has 2 N–H and O–H groups in total. The number of nitrogens with zero attached hydrogens (tertiary/aromatic N) is 1. The third-order valence-electron chi connectivity index (χ3n) is 3.45. The normalized spacial score (nSPS) is 10.4. The molecule has 0 fully saturated rings. The summed E-state index contributed by atoms with van der Waals surface area (Å²) in [6.45, 7) is 0.507. The number of amides is 2. The molecule has 2 aromatic carbocycles. The van der Waals surface area contributed by atoms with E-state index in [-0.39, 0.29) is 18.9 Å². The number of carbonyl (C=O) groups is 2. The molecule has 0 heterocycles. The number of hydrogen-bond donors (Lipinski definition) is 1. The minimum atomic E-state index is -0.511. The first-order valence-corrected chi connectivity index (χ1v) is 7.45. The predicted molar refractivity (Wildman–Crippen MR) is 89.0 cm³/mol. The molecule has 24 heavy (non-hydrogen) atoms. The predicted octanol–water partition coefficient (Wildman–Crippen LogP) is 2.49. The average molecular weight is 330 g/mol. The Bertz CT molecular complexity index is 716. The number of primary amides is 1. The van der Waals surface area contributed by atoms with Crippen LogP contribution in [0.3, 0.4) is 0 Å². The van der Waals surface area contributed by atoms with Gasteiger partial charge in [-0.25, -0.2) is 4.39 Å². The molecule has 0 atom stereocenters. The van der Waals surface area contributed by atoms with E-state index >= 15 is 0 Å². The van der Waals surface area contributed by atoms with Crippen molar-refractivity contribution in [2.75, 3.05) is 18.6 Å². The lowest BCUT2D eigenvalue weighted by atomic mass is 10.1. The third kappa shape index (κ3) is 4.63. The maximum atomic E-state index is 13.1. The van der Waals surface area contributed by atoms with Gasteiger partial charge in [-0.15, -0.1) is 0 Å². The Morgan fingerprint density at radius 2 is 1.88 bits per heavy atom. The molecule has 0 radical (unpaired) electrons. The molecule has 0 aliphatic heterocycles. The van der Waals surface area contributed by atoms with Crippen LogP contribution in [0, 0.1) is 5.82 Å². The lowest BCUT2D eigenvalue weighted by molar-refractivity contribution is -0.117. The van der Waals surface area contributed by atoms with E-state index in [9.17, 15) is 14.0 Å². The number of hydrogen-bond acceptors (Lipinski definition) is 3. The number of ether oxygens (including phenoxy) is 1. The number of benzene rings is 2. The molecule has 126 valence electrons. The highest BCUT2D eigenvalue weighted by Gasteiger charge is 2.18. The summed E-state index contributed by atoms with van der Waals surface area (Å²) in [5.74, 6) is -1.20. The number of anilines is 1. The van der Waals surface area contributed by atoms with Crippen molar-refractivity contribution in [2.45, 2.75) is 13.0 Å². The maximum absolute atomic E-state index is 13.1. The minimum Gasteiger partial charge on any atom is -0.380 e. The molecule has 0 spiro atoms. The molecular weight excluding hydrogens is 311 g/mol. The van der Waals surface area contributed by atoms with Gasteiger partial charge in [-0.05, 0) is 42.0 Å². The number of methoxy groups -OCH3 is 1. The number of carbonyl (C=O) groups excluding carboxylic acids is 2. The van der Waals surface area contributed by atoms with Gasteiger partial charge in [-0.2, -0.15) is 0 Å².